The van der Waals surface area contributed by atoms with Gasteiger partial charge in [0, 0.05) is 56.1 Å². The summed E-state index contributed by atoms with van der Waals surface area (Å²) in [5.41, 5.74) is 1.42. The third kappa shape index (κ3) is 4.34. The van der Waals surface area contributed by atoms with Crippen LogP contribution >= 0.6 is 0 Å². The Morgan fingerprint density at radius 3 is 2.52 bits per heavy atom. The van der Waals surface area contributed by atoms with Crippen molar-refractivity contribution in [1.29, 1.82) is 5.26 Å². The van der Waals surface area contributed by atoms with E-state index in [1.807, 2.05) is 11.2 Å². The van der Waals surface area contributed by atoms with Gasteiger partial charge < -0.3 is 9.80 Å². The van der Waals surface area contributed by atoms with Crippen LogP contribution in [0.4, 0.5) is 10.1 Å². The fourth-order valence-corrected chi connectivity index (χ4v) is 6.19. The van der Waals surface area contributed by atoms with E-state index in [2.05, 4.69) is 16.0 Å². The first-order valence-corrected chi connectivity index (χ1v) is 12.7. The highest BCUT2D eigenvalue weighted by molar-refractivity contribution is 7.83. The normalized spacial score (nSPS) is 22.2. The van der Waals surface area contributed by atoms with Gasteiger partial charge in [-0.3, -0.25) is 9.78 Å². The lowest BCUT2D eigenvalue weighted by Crippen LogP contribution is -2.50. The molecule has 0 bridgehead atoms. The molecule has 3 heterocycles. The van der Waals surface area contributed by atoms with E-state index < -0.39 is 11.0 Å². The van der Waals surface area contributed by atoms with Gasteiger partial charge in [0.1, 0.15) is 5.82 Å². The van der Waals surface area contributed by atoms with Crippen molar-refractivity contribution < 1.29 is 13.4 Å². The lowest BCUT2D eigenvalue weighted by molar-refractivity contribution is 0.0701. The topological polar surface area (TPSA) is 80.5 Å². The van der Waals surface area contributed by atoms with Gasteiger partial charge in [-0.2, -0.15) is 5.26 Å². The lowest BCUT2D eigenvalue weighted by atomic mass is 9.81. The van der Waals surface area contributed by atoms with Crippen molar-refractivity contribution in [3.05, 3.63) is 35.8 Å². The maximum Gasteiger partial charge on any atom is 0.257 e. The summed E-state index contributed by atoms with van der Waals surface area (Å²) in [6.07, 6.45) is 5.01. The van der Waals surface area contributed by atoms with E-state index in [0.717, 1.165) is 12.8 Å². The molecule has 1 aliphatic carbocycles. The highest BCUT2D eigenvalue weighted by atomic mass is 32.2. The molecule has 1 aromatic heterocycles. The smallest absolute Gasteiger partial charge is 0.257 e. The minimum absolute atomic E-state index is 0.130. The van der Waals surface area contributed by atoms with Gasteiger partial charge in [-0.05, 0) is 50.8 Å². The number of pyridine rings is 1. The molecule has 2 saturated heterocycles. The Morgan fingerprint density at radius 2 is 1.88 bits per heavy atom. The molecule has 1 aromatic carbocycles. The number of nitrogens with zero attached hydrogens (tertiary/aromatic N) is 5. The number of hydrogen-bond acceptors (Lipinski definition) is 5. The summed E-state index contributed by atoms with van der Waals surface area (Å²) in [5.74, 6) is -0.501. The molecule has 7 nitrogen and oxygen atoms in total. The number of rotatable bonds is 4. The highest BCUT2D eigenvalue weighted by Crippen LogP contribution is 2.37. The largest absolute Gasteiger partial charge is 0.370 e. The molecule has 3 aliphatic rings. The number of aromatic nitrogens is 1. The maximum absolute atomic E-state index is 14.2. The van der Waals surface area contributed by atoms with Crippen molar-refractivity contribution in [1.82, 2.24) is 14.2 Å². The van der Waals surface area contributed by atoms with Gasteiger partial charge in [0.05, 0.1) is 39.2 Å². The standard InChI is InChI=1S/C24H28FN5O2S/c1-24(16-26)6-8-28(9-7-24)22-19-14-17(25)2-5-21(19)27-15-20(22)23(31)29-10-12-30(13-11-29)33(32)18-3-4-18/h2,5,14-15,18H,3-4,6-13H2,1H3. The summed E-state index contributed by atoms with van der Waals surface area (Å²) in [4.78, 5) is 22.0. The number of carbonyl (C=O) groups excluding carboxylic acids is 1. The number of benzene rings is 1. The van der Waals surface area contributed by atoms with Crippen LogP contribution in [0.5, 0.6) is 0 Å². The predicted octanol–water partition coefficient (Wildman–Crippen LogP) is 3.09. The van der Waals surface area contributed by atoms with Crippen LogP contribution in [0.2, 0.25) is 0 Å². The van der Waals surface area contributed by atoms with Crippen molar-refractivity contribution >= 4 is 33.5 Å². The van der Waals surface area contributed by atoms with Gasteiger partial charge in [-0.15, -0.1) is 0 Å². The molecule has 1 unspecified atom stereocenters. The van der Waals surface area contributed by atoms with E-state index >= 15 is 0 Å². The molecule has 0 N–H and O–H groups in total. The van der Waals surface area contributed by atoms with Crippen molar-refractivity contribution in [3.8, 4) is 6.07 Å². The van der Waals surface area contributed by atoms with Crippen LogP contribution in [0.15, 0.2) is 24.4 Å². The predicted molar refractivity (Wildman–Crippen MR) is 126 cm³/mol. The number of anilines is 1. The summed E-state index contributed by atoms with van der Waals surface area (Å²) in [7, 11) is -0.951. The Bertz CT molecular complexity index is 1150. The van der Waals surface area contributed by atoms with Crippen molar-refractivity contribution in [2.75, 3.05) is 44.2 Å². The second-order valence-electron chi connectivity index (χ2n) is 9.54. The van der Waals surface area contributed by atoms with E-state index in [-0.39, 0.29) is 22.4 Å². The number of nitriles is 1. The van der Waals surface area contributed by atoms with E-state index in [1.54, 1.807) is 17.2 Å². The fourth-order valence-electron chi connectivity index (χ4n) is 4.71. The zero-order valence-corrected chi connectivity index (χ0v) is 19.6. The number of piperidine rings is 1. The van der Waals surface area contributed by atoms with Crippen LogP contribution < -0.4 is 4.90 Å². The quantitative estimate of drug-likeness (QED) is 0.688. The minimum Gasteiger partial charge on any atom is -0.370 e. The summed E-state index contributed by atoms with van der Waals surface area (Å²) in [5, 5.41) is 10.4. The zero-order valence-electron chi connectivity index (χ0n) is 18.8. The molecule has 0 radical (unpaired) electrons. The second kappa shape index (κ2) is 8.65. The van der Waals surface area contributed by atoms with E-state index in [4.69, 9.17) is 0 Å². The average Bonchev–Trinajstić information content (AvgIpc) is 3.69. The van der Waals surface area contributed by atoms with Crippen LogP contribution in [-0.2, 0) is 11.0 Å². The average molecular weight is 470 g/mol. The Morgan fingerprint density at radius 1 is 1.18 bits per heavy atom. The van der Waals surface area contributed by atoms with E-state index in [0.29, 0.717) is 74.3 Å². The molecule has 2 aromatic rings. The number of hydrogen-bond donors (Lipinski definition) is 0. The first kappa shape index (κ1) is 22.2. The summed E-state index contributed by atoms with van der Waals surface area (Å²) in [6.45, 7) is 5.39. The van der Waals surface area contributed by atoms with Gasteiger partial charge in [0.15, 0.2) is 0 Å². The van der Waals surface area contributed by atoms with Crippen LogP contribution in [0.25, 0.3) is 10.9 Å². The van der Waals surface area contributed by atoms with Gasteiger partial charge in [0.2, 0.25) is 0 Å². The summed E-state index contributed by atoms with van der Waals surface area (Å²) < 4.78 is 28.7. The van der Waals surface area contributed by atoms with Crippen molar-refractivity contribution in [2.45, 2.75) is 37.9 Å². The van der Waals surface area contributed by atoms with Crippen molar-refractivity contribution in [2.24, 2.45) is 5.41 Å². The molecular formula is C24H28FN5O2S. The minimum atomic E-state index is -0.951. The molecule has 1 atom stereocenters. The highest BCUT2D eigenvalue weighted by Gasteiger charge is 2.36. The maximum atomic E-state index is 14.2. The Labute approximate surface area is 195 Å². The Balaban J connectivity index is 1.44. The molecule has 174 valence electrons. The van der Waals surface area contributed by atoms with Crippen LogP contribution in [0.1, 0.15) is 43.0 Å². The fraction of sp³-hybridized carbons (Fsp3) is 0.542. The first-order valence-electron chi connectivity index (χ1n) is 11.6. The van der Waals surface area contributed by atoms with Crippen LogP contribution in [0.3, 0.4) is 0 Å². The number of piperazine rings is 1. The zero-order chi connectivity index (χ0) is 23.2. The van der Waals surface area contributed by atoms with Gasteiger partial charge >= 0.3 is 0 Å². The summed E-state index contributed by atoms with van der Waals surface area (Å²) in [6, 6.07) is 6.87. The SMILES string of the molecule is CC1(C#N)CCN(c2c(C(=O)N3CCN(S(=O)C4CC4)CC3)cnc3ccc(F)cc23)CC1. The van der Waals surface area contributed by atoms with E-state index in [9.17, 15) is 18.7 Å². The first-order chi connectivity index (χ1) is 15.9. The molecule has 5 rings (SSSR count). The Hall–Kier alpha value is -2.57. The lowest BCUT2D eigenvalue weighted by Gasteiger charge is -2.38. The van der Waals surface area contributed by atoms with Gasteiger partial charge in [-0.1, -0.05) is 0 Å². The molecule has 33 heavy (non-hydrogen) atoms. The van der Waals surface area contributed by atoms with Gasteiger partial charge in [0.25, 0.3) is 5.91 Å². The van der Waals surface area contributed by atoms with Crippen LogP contribution in [-0.4, -0.2) is 68.8 Å². The molecule has 1 amide bonds. The van der Waals surface area contributed by atoms with Crippen LogP contribution in [0, 0.1) is 22.6 Å². The Kier molecular flexibility index (Phi) is 5.83. The monoisotopic (exact) mass is 469 g/mol. The number of amides is 1. The van der Waals surface area contributed by atoms with E-state index in [1.165, 1.54) is 12.1 Å². The molecular weight excluding hydrogens is 441 g/mol. The summed E-state index contributed by atoms with van der Waals surface area (Å²) >= 11 is 0. The van der Waals surface area contributed by atoms with Crippen molar-refractivity contribution in [3.63, 3.8) is 0 Å². The van der Waals surface area contributed by atoms with Gasteiger partial charge in [-0.25, -0.2) is 12.9 Å². The molecule has 1 saturated carbocycles. The third-order valence-corrected chi connectivity index (χ3v) is 8.99. The molecule has 0 spiro atoms. The third-order valence-electron chi connectivity index (χ3n) is 7.07. The molecule has 9 heteroatoms. The number of carbonyl (C=O) groups is 1. The molecule has 3 fully saturated rings. The number of halogens is 1. The number of fused-ring (bicyclic) bond motifs is 1. The second-order valence-corrected chi connectivity index (χ2v) is 11.3. The molecule has 2 aliphatic heterocycles.